The van der Waals surface area contributed by atoms with Gasteiger partial charge in [-0.2, -0.15) is 4.37 Å². The highest BCUT2D eigenvalue weighted by molar-refractivity contribution is 7.11. The molecule has 8 heteroatoms. The van der Waals surface area contributed by atoms with E-state index in [1.54, 1.807) is 31.2 Å². The van der Waals surface area contributed by atoms with Crippen molar-refractivity contribution in [3.8, 4) is 0 Å². The summed E-state index contributed by atoms with van der Waals surface area (Å²) in [6.45, 7) is 1.57. The number of para-hydroxylation sites is 1. The van der Waals surface area contributed by atoms with Gasteiger partial charge in [-0.15, -0.1) is 0 Å². The van der Waals surface area contributed by atoms with Crippen LogP contribution in [0.15, 0.2) is 24.3 Å². The molecule has 1 aromatic heterocycles. The molecule has 0 aliphatic rings. The van der Waals surface area contributed by atoms with Gasteiger partial charge in [0.25, 0.3) is 0 Å². The zero-order valence-corrected chi connectivity index (χ0v) is 11.9. The molecule has 0 aliphatic carbocycles. The highest BCUT2D eigenvalue weighted by Gasteiger charge is 2.19. The highest BCUT2D eigenvalue weighted by atomic mass is 35.5. The molecule has 0 radical (unpaired) electrons. The standard InChI is InChI=1S/C12H10ClN3O3S/c1-6-9(11(17)18)10(20-16-6)15-12(19)14-8-5-3-2-4-7(8)13/h2-5H,1H3,(H,17,18)(H2,14,15,19). The maximum Gasteiger partial charge on any atom is 0.340 e. The van der Waals surface area contributed by atoms with Crippen molar-refractivity contribution in [2.45, 2.75) is 6.92 Å². The number of aromatic carboxylic acids is 1. The number of aromatic nitrogens is 1. The first-order chi connectivity index (χ1) is 9.49. The van der Waals surface area contributed by atoms with E-state index >= 15 is 0 Å². The van der Waals surface area contributed by atoms with Crippen molar-refractivity contribution in [3.63, 3.8) is 0 Å². The number of aryl methyl sites for hydroxylation is 1. The predicted molar refractivity (Wildman–Crippen MR) is 77.9 cm³/mol. The predicted octanol–water partition coefficient (Wildman–Crippen LogP) is 3.45. The number of hydrogen-bond acceptors (Lipinski definition) is 4. The van der Waals surface area contributed by atoms with E-state index in [-0.39, 0.29) is 10.6 Å². The lowest BCUT2D eigenvalue weighted by Gasteiger charge is -2.07. The van der Waals surface area contributed by atoms with Crippen LogP contribution in [0.4, 0.5) is 15.5 Å². The molecule has 1 heterocycles. The molecule has 0 atom stereocenters. The lowest BCUT2D eigenvalue weighted by molar-refractivity contribution is 0.0697. The molecule has 20 heavy (non-hydrogen) atoms. The van der Waals surface area contributed by atoms with Gasteiger partial charge >= 0.3 is 12.0 Å². The van der Waals surface area contributed by atoms with Crippen molar-refractivity contribution < 1.29 is 14.7 Å². The molecule has 2 amide bonds. The van der Waals surface area contributed by atoms with Crippen molar-refractivity contribution in [1.82, 2.24) is 4.37 Å². The van der Waals surface area contributed by atoms with Crippen LogP contribution in [-0.4, -0.2) is 21.5 Å². The molecule has 3 N–H and O–H groups in total. The molecule has 0 spiro atoms. The van der Waals surface area contributed by atoms with Crippen molar-refractivity contribution >= 4 is 45.8 Å². The molecule has 2 rings (SSSR count). The number of urea groups is 1. The zero-order chi connectivity index (χ0) is 14.7. The number of carbonyl (C=O) groups excluding carboxylic acids is 1. The summed E-state index contributed by atoms with van der Waals surface area (Å²) in [6.07, 6.45) is 0. The number of carboxylic acids is 1. The smallest absolute Gasteiger partial charge is 0.340 e. The third-order valence-electron chi connectivity index (χ3n) is 2.43. The van der Waals surface area contributed by atoms with Crippen LogP contribution in [0.2, 0.25) is 5.02 Å². The average molecular weight is 312 g/mol. The first-order valence-electron chi connectivity index (χ1n) is 5.51. The number of nitrogens with zero attached hydrogens (tertiary/aromatic N) is 1. The van der Waals surface area contributed by atoms with Gasteiger partial charge in [0.15, 0.2) is 0 Å². The van der Waals surface area contributed by atoms with Crippen molar-refractivity contribution in [1.29, 1.82) is 0 Å². The lowest BCUT2D eigenvalue weighted by Crippen LogP contribution is -2.20. The summed E-state index contributed by atoms with van der Waals surface area (Å²) in [5, 5.41) is 14.6. The molecule has 6 nitrogen and oxygen atoms in total. The van der Waals surface area contributed by atoms with Gasteiger partial charge in [-0.25, -0.2) is 9.59 Å². The maximum absolute atomic E-state index is 11.8. The fraction of sp³-hybridized carbons (Fsp3) is 0.0833. The summed E-state index contributed by atoms with van der Waals surface area (Å²) in [6, 6.07) is 6.15. The van der Waals surface area contributed by atoms with Crippen molar-refractivity contribution in [2.75, 3.05) is 10.6 Å². The largest absolute Gasteiger partial charge is 0.478 e. The monoisotopic (exact) mass is 311 g/mol. The molecule has 0 fully saturated rings. The molecule has 104 valence electrons. The summed E-state index contributed by atoms with van der Waals surface area (Å²) in [7, 11) is 0. The molecule has 0 saturated carbocycles. The molecular formula is C12H10ClN3O3S. The van der Waals surface area contributed by atoms with Gasteiger partial charge in [-0.1, -0.05) is 23.7 Å². The third kappa shape index (κ3) is 3.06. The van der Waals surface area contributed by atoms with Crippen LogP contribution in [0.3, 0.4) is 0 Å². The minimum atomic E-state index is -1.13. The Bertz CT molecular complexity index is 672. The average Bonchev–Trinajstić information content (AvgIpc) is 2.73. The molecule has 0 bridgehead atoms. The molecule has 0 aliphatic heterocycles. The molecule has 1 aromatic carbocycles. The lowest BCUT2D eigenvalue weighted by atomic mass is 10.2. The normalized spacial score (nSPS) is 10.1. The quantitative estimate of drug-likeness (QED) is 0.809. The summed E-state index contributed by atoms with van der Waals surface area (Å²) in [5.41, 5.74) is 0.782. The number of carboxylic acid groups (broad SMARTS) is 1. The van der Waals surface area contributed by atoms with Gasteiger partial charge in [-0.05, 0) is 30.6 Å². The van der Waals surface area contributed by atoms with Crippen LogP contribution in [0.5, 0.6) is 0 Å². The fourth-order valence-corrected chi connectivity index (χ4v) is 2.49. The fourth-order valence-electron chi connectivity index (χ4n) is 1.53. The molecule has 0 saturated heterocycles. The van der Waals surface area contributed by atoms with Crippen molar-refractivity contribution in [3.05, 3.63) is 40.5 Å². The van der Waals surface area contributed by atoms with Gasteiger partial charge in [0, 0.05) is 0 Å². The van der Waals surface area contributed by atoms with Crippen LogP contribution >= 0.6 is 23.1 Å². The van der Waals surface area contributed by atoms with E-state index in [1.807, 2.05) is 0 Å². The second-order valence-electron chi connectivity index (χ2n) is 3.84. The third-order valence-corrected chi connectivity index (χ3v) is 3.61. The Labute approximate surface area is 123 Å². The van der Waals surface area contributed by atoms with E-state index < -0.39 is 12.0 Å². The van der Waals surface area contributed by atoms with Gasteiger partial charge in [0.05, 0.1) is 16.4 Å². The number of rotatable bonds is 3. The summed E-state index contributed by atoms with van der Waals surface area (Å²) in [4.78, 5) is 22.9. The van der Waals surface area contributed by atoms with Crippen LogP contribution in [-0.2, 0) is 0 Å². The minimum absolute atomic E-state index is 0.00990. The SMILES string of the molecule is Cc1nsc(NC(=O)Nc2ccccc2Cl)c1C(=O)O. The number of nitrogens with one attached hydrogen (secondary N) is 2. The van der Waals surface area contributed by atoms with Gasteiger partial charge in [0.2, 0.25) is 0 Å². The molecular weight excluding hydrogens is 302 g/mol. The van der Waals surface area contributed by atoms with E-state index in [9.17, 15) is 9.59 Å². The molecule has 0 unspecified atom stereocenters. The Kier molecular flexibility index (Phi) is 4.21. The Morgan fingerprint density at radius 2 is 2.00 bits per heavy atom. The first kappa shape index (κ1) is 14.3. The van der Waals surface area contributed by atoms with E-state index in [1.165, 1.54) is 0 Å². The molecule has 2 aromatic rings. The Balaban J connectivity index is 2.13. The number of halogens is 1. The number of carbonyl (C=O) groups is 2. The Morgan fingerprint density at radius 3 is 2.65 bits per heavy atom. The number of anilines is 2. The second-order valence-corrected chi connectivity index (χ2v) is 5.02. The van der Waals surface area contributed by atoms with E-state index in [4.69, 9.17) is 16.7 Å². The summed E-state index contributed by atoms with van der Waals surface area (Å²) in [5.74, 6) is -1.13. The number of benzene rings is 1. The number of amides is 2. The van der Waals surface area contributed by atoms with Crippen molar-refractivity contribution in [2.24, 2.45) is 0 Å². The highest BCUT2D eigenvalue weighted by Crippen LogP contribution is 2.25. The van der Waals surface area contributed by atoms with Crippen LogP contribution in [0.25, 0.3) is 0 Å². The van der Waals surface area contributed by atoms with Gasteiger partial charge < -0.3 is 10.4 Å². The second kappa shape index (κ2) is 5.89. The maximum atomic E-state index is 11.8. The van der Waals surface area contributed by atoms with E-state index in [0.29, 0.717) is 16.4 Å². The zero-order valence-electron chi connectivity index (χ0n) is 10.3. The van der Waals surface area contributed by atoms with Gasteiger partial charge in [0.1, 0.15) is 10.6 Å². The number of hydrogen-bond donors (Lipinski definition) is 3. The Hall–Kier alpha value is -2.12. The van der Waals surface area contributed by atoms with Crippen LogP contribution in [0, 0.1) is 6.92 Å². The first-order valence-corrected chi connectivity index (χ1v) is 6.66. The Morgan fingerprint density at radius 1 is 1.30 bits per heavy atom. The van der Waals surface area contributed by atoms with E-state index in [0.717, 1.165) is 11.5 Å². The minimum Gasteiger partial charge on any atom is -0.478 e. The van der Waals surface area contributed by atoms with Crippen LogP contribution in [0.1, 0.15) is 16.1 Å². The van der Waals surface area contributed by atoms with Gasteiger partial charge in [-0.3, -0.25) is 5.32 Å². The summed E-state index contributed by atoms with van der Waals surface area (Å²) >= 11 is 6.82. The summed E-state index contributed by atoms with van der Waals surface area (Å²) < 4.78 is 3.91. The topological polar surface area (TPSA) is 91.3 Å². The van der Waals surface area contributed by atoms with E-state index in [2.05, 4.69) is 15.0 Å². The van der Waals surface area contributed by atoms with Crippen LogP contribution < -0.4 is 10.6 Å².